The maximum absolute atomic E-state index is 11.9. The molecule has 1 amide bonds. The number of halogens is 1. The monoisotopic (exact) mass is 362 g/mol. The van der Waals surface area contributed by atoms with Gasteiger partial charge >= 0.3 is 0 Å². The van der Waals surface area contributed by atoms with Crippen molar-refractivity contribution in [3.63, 3.8) is 0 Å². The van der Waals surface area contributed by atoms with E-state index in [9.17, 15) is 4.79 Å². The molecule has 2 rings (SSSR count). The molecule has 0 aliphatic rings. The molecule has 0 saturated heterocycles. The molecule has 2 aromatic heterocycles. The molecule has 1 atom stereocenters. The van der Waals surface area contributed by atoms with Crippen LogP contribution < -0.4 is 5.32 Å². The highest BCUT2D eigenvalue weighted by molar-refractivity contribution is 14.1. The minimum absolute atomic E-state index is 0.104. The number of oxazole rings is 1. The van der Waals surface area contributed by atoms with Crippen LogP contribution in [0.15, 0.2) is 22.1 Å². The Morgan fingerprint density at radius 3 is 2.94 bits per heavy atom. The van der Waals surface area contributed by atoms with Crippen molar-refractivity contribution in [1.29, 1.82) is 0 Å². The minimum Gasteiger partial charge on any atom is -0.444 e. The van der Waals surface area contributed by atoms with Gasteiger partial charge in [0.1, 0.15) is 11.8 Å². The highest BCUT2D eigenvalue weighted by Crippen LogP contribution is 2.18. The summed E-state index contributed by atoms with van der Waals surface area (Å²) >= 11 is 3.74. The summed E-state index contributed by atoms with van der Waals surface area (Å²) in [5, 5.41) is 4.69. The molecule has 17 heavy (non-hydrogen) atoms. The predicted molar refractivity (Wildman–Crippen MR) is 74.2 cm³/mol. The van der Waals surface area contributed by atoms with Crippen LogP contribution >= 0.6 is 33.9 Å². The van der Waals surface area contributed by atoms with Gasteiger partial charge in [0.25, 0.3) is 5.91 Å². The van der Waals surface area contributed by atoms with Crippen LogP contribution in [0.25, 0.3) is 0 Å². The average molecular weight is 362 g/mol. The quantitative estimate of drug-likeness (QED) is 0.854. The number of hydrogen-bond donors (Lipinski definition) is 1. The number of hydrogen-bond acceptors (Lipinski definition) is 4. The zero-order valence-electron chi connectivity index (χ0n) is 9.36. The summed E-state index contributed by atoms with van der Waals surface area (Å²) in [6.07, 6.45) is 1.64. The summed E-state index contributed by atoms with van der Waals surface area (Å²) in [7, 11) is 0. The molecule has 0 spiro atoms. The third kappa shape index (κ3) is 3.06. The molecule has 0 radical (unpaired) electrons. The van der Waals surface area contributed by atoms with Gasteiger partial charge in [0.05, 0.1) is 14.6 Å². The Kier molecular flexibility index (Phi) is 3.82. The summed E-state index contributed by atoms with van der Waals surface area (Å²) < 4.78 is 6.45. The maximum atomic E-state index is 11.9. The van der Waals surface area contributed by atoms with Crippen LogP contribution in [0.1, 0.15) is 35.0 Å². The van der Waals surface area contributed by atoms with Crippen LogP contribution in [0.3, 0.4) is 0 Å². The van der Waals surface area contributed by atoms with Crippen LogP contribution in [-0.2, 0) is 0 Å². The van der Waals surface area contributed by atoms with Gasteiger partial charge in [0.15, 0.2) is 0 Å². The van der Waals surface area contributed by atoms with Gasteiger partial charge in [-0.15, -0.1) is 11.3 Å². The second-order valence-electron chi connectivity index (χ2n) is 3.64. The Morgan fingerprint density at radius 2 is 2.41 bits per heavy atom. The van der Waals surface area contributed by atoms with Gasteiger partial charge in [-0.3, -0.25) is 4.79 Å². The predicted octanol–water partition coefficient (Wildman–Crippen LogP) is 3.14. The van der Waals surface area contributed by atoms with E-state index in [2.05, 4.69) is 32.9 Å². The molecule has 0 aliphatic carbocycles. The highest BCUT2D eigenvalue weighted by Gasteiger charge is 2.16. The molecule has 1 unspecified atom stereocenters. The van der Waals surface area contributed by atoms with E-state index in [1.165, 1.54) is 0 Å². The molecule has 4 nitrogen and oxygen atoms in total. The fourth-order valence-electron chi connectivity index (χ4n) is 1.34. The number of thiophene rings is 1. The molecule has 2 aromatic rings. The molecule has 1 N–H and O–H groups in total. The third-order valence-electron chi connectivity index (χ3n) is 2.19. The number of amides is 1. The fraction of sp³-hybridized carbons (Fsp3) is 0.273. The Labute approximate surface area is 117 Å². The Hall–Kier alpha value is -0.890. The van der Waals surface area contributed by atoms with E-state index < -0.39 is 0 Å². The topological polar surface area (TPSA) is 55.1 Å². The zero-order valence-corrected chi connectivity index (χ0v) is 12.3. The van der Waals surface area contributed by atoms with Crippen LogP contribution in [0.4, 0.5) is 0 Å². The van der Waals surface area contributed by atoms with E-state index in [4.69, 9.17) is 4.42 Å². The third-order valence-corrected chi connectivity index (χ3v) is 3.98. The van der Waals surface area contributed by atoms with Crippen molar-refractivity contribution < 1.29 is 9.21 Å². The van der Waals surface area contributed by atoms with Gasteiger partial charge in [-0.05, 0) is 42.5 Å². The summed E-state index contributed by atoms with van der Waals surface area (Å²) in [6.45, 7) is 3.67. The van der Waals surface area contributed by atoms with Gasteiger partial charge in [-0.2, -0.15) is 0 Å². The van der Waals surface area contributed by atoms with Crippen molar-refractivity contribution in [2.75, 3.05) is 0 Å². The lowest BCUT2D eigenvalue weighted by Gasteiger charge is -2.09. The molecule has 0 aliphatic heterocycles. The number of nitrogens with zero attached hydrogens (tertiary/aromatic N) is 1. The summed E-state index contributed by atoms with van der Waals surface area (Å²) in [5.41, 5.74) is 0.675. The molecule has 6 heteroatoms. The standard InChI is InChI=1S/C11H11IN2O2S/c1-6-4-13-11(16-6)7(2)14-10(15)8-3-9(12)17-5-8/h3-5,7H,1-2H3,(H,14,15). The normalized spacial score (nSPS) is 12.4. The van der Waals surface area contributed by atoms with Crippen LogP contribution in [0, 0.1) is 9.81 Å². The number of rotatable bonds is 3. The minimum atomic E-state index is -0.228. The van der Waals surface area contributed by atoms with Crippen molar-refractivity contribution in [1.82, 2.24) is 10.3 Å². The Morgan fingerprint density at radius 1 is 1.65 bits per heavy atom. The maximum Gasteiger partial charge on any atom is 0.252 e. The molecular formula is C11H11IN2O2S. The van der Waals surface area contributed by atoms with Gasteiger partial charge in [0.2, 0.25) is 5.89 Å². The average Bonchev–Trinajstić information content (AvgIpc) is 2.87. The molecule has 0 fully saturated rings. The first-order valence-corrected chi connectivity index (χ1v) is 6.99. The zero-order chi connectivity index (χ0) is 12.4. The van der Waals surface area contributed by atoms with E-state index in [0.29, 0.717) is 11.5 Å². The van der Waals surface area contributed by atoms with Crippen molar-refractivity contribution in [2.24, 2.45) is 0 Å². The fourth-order valence-corrected chi connectivity index (χ4v) is 2.67. The van der Waals surface area contributed by atoms with Crippen molar-refractivity contribution in [3.8, 4) is 0 Å². The largest absolute Gasteiger partial charge is 0.444 e. The van der Waals surface area contributed by atoms with Crippen LogP contribution in [-0.4, -0.2) is 10.9 Å². The van der Waals surface area contributed by atoms with Crippen LogP contribution in [0.2, 0.25) is 0 Å². The van der Waals surface area contributed by atoms with Crippen LogP contribution in [0.5, 0.6) is 0 Å². The summed E-state index contributed by atoms with van der Waals surface area (Å²) in [5.74, 6) is 1.17. The highest BCUT2D eigenvalue weighted by atomic mass is 127. The first-order valence-electron chi connectivity index (χ1n) is 5.03. The van der Waals surface area contributed by atoms with Crippen molar-refractivity contribution >= 4 is 39.8 Å². The first-order chi connectivity index (χ1) is 8.06. The molecule has 2 heterocycles. The molecular weight excluding hydrogens is 351 g/mol. The van der Waals surface area contributed by atoms with Crippen molar-refractivity contribution in [2.45, 2.75) is 19.9 Å². The number of carbonyl (C=O) groups excluding carboxylic acids is 1. The number of aromatic nitrogens is 1. The van der Waals surface area contributed by atoms with E-state index >= 15 is 0 Å². The Bertz CT molecular complexity index is 535. The molecule has 0 saturated carbocycles. The van der Waals surface area contributed by atoms with E-state index in [-0.39, 0.29) is 11.9 Å². The van der Waals surface area contributed by atoms with Crippen molar-refractivity contribution in [3.05, 3.63) is 37.7 Å². The van der Waals surface area contributed by atoms with Gasteiger partial charge in [-0.1, -0.05) is 0 Å². The number of nitrogens with one attached hydrogen (secondary N) is 1. The molecule has 0 aromatic carbocycles. The van der Waals surface area contributed by atoms with E-state index in [1.54, 1.807) is 17.5 Å². The van der Waals surface area contributed by atoms with E-state index in [1.807, 2.05) is 25.3 Å². The number of carbonyl (C=O) groups is 1. The first kappa shape index (κ1) is 12.6. The summed E-state index contributed by atoms with van der Waals surface area (Å²) in [4.78, 5) is 16.0. The molecule has 0 bridgehead atoms. The Balaban J connectivity index is 2.04. The molecule has 90 valence electrons. The lowest BCUT2D eigenvalue weighted by Crippen LogP contribution is -2.26. The second-order valence-corrected chi connectivity index (χ2v) is 6.45. The lowest BCUT2D eigenvalue weighted by atomic mass is 10.3. The second kappa shape index (κ2) is 5.18. The van der Waals surface area contributed by atoms with Gasteiger partial charge in [0, 0.05) is 5.38 Å². The van der Waals surface area contributed by atoms with E-state index in [0.717, 1.165) is 8.64 Å². The van der Waals surface area contributed by atoms with Gasteiger partial charge in [-0.25, -0.2) is 4.98 Å². The summed E-state index contributed by atoms with van der Waals surface area (Å²) in [6, 6.07) is 1.63. The SMILES string of the molecule is Cc1cnc(C(C)NC(=O)c2csc(I)c2)o1. The lowest BCUT2D eigenvalue weighted by molar-refractivity contribution is 0.0934. The number of aryl methyl sites for hydroxylation is 1. The van der Waals surface area contributed by atoms with Gasteiger partial charge < -0.3 is 9.73 Å². The smallest absolute Gasteiger partial charge is 0.252 e.